The maximum atomic E-state index is 16.9. The van der Waals surface area contributed by atoms with Gasteiger partial charge in [-0.2, -0.15) is 4.98 Å². The molecule has 0 radical (unpaired) electrons. The zero-order chi connectivity index (χ0) is 30.0. The smallest absolute Gasteiger partial charge is 0.246 e. The molecule has 0 N–H and O–H groups in total. The normalized spacial score (nSPS) is 19.7. The second kappa shape index (κ2) is 10.5. The van der Waals surface area contributed by atoms with Gasteiger partial charge in [-0.25, -0.2) is 14.1 Å². The summed E-state index contributed by atoms with van der Waals surface area (Å²) < 4.78 is 18.6. The van der Waals surface area contributed by atoms with Crippen molar-refractivity contribution in [3.63, 3.8) is 0 Å². The first-order valence-electron chi connectivity index (χ1n) is 14.1. The van der Waals surface area contributed by atoms with Crippen LogP contribution in [0.2, 0.25) is 5.02 Å². The van der Waals surface area contributed by atoms with Gasteiger partial charge in [0.05, 0.1) is 10.5 Å². The van der Waals surface area contributed by atoms with Crippen LogP contribution in [0, 0.1) is 12.7 Å². The molecule has 2 aliphatic rings. The number of halogens is 2. The van der Waals surface area contributed by atoms with Gasteiger partial charge in [-0.1, -0.05) is 29.5 Å². The van der Waals surface area contributed by atoms with Gasteiger partial charge in [0.15, 0.2) is 5.82 Å². The van der Waals surface area contributed by atoms with E-state index in [2.05, 4.69) is 31.6 Å². The van der Waals surface area contributed by atoms with Gasteiger partial charge in [-0.05, 0) is 58.6 Å². The van der Waals surface area contributed by atoms with Crippen molar-refractivity contribution in [2.45, 2.75) is 38.9 Å². The number of benzene rings is 2. The lowest BCUT2D eigenvalue weighted by molar-refractivity contribution is -0.128. The molecule has 2 fully saturated rings. The van der Waals surface area contributed by atoms with Crippen LogP contribution in [0.4, 0.5) is 16.2 Å². The van der Waals surface area contributed by atoms with Crippen LogP contribution in [0.3, 0.4) is 0 Å². The zero-order valence-corrected chi connectivity index (χ0v) is 25.5. The van der Waals surface area contributed by atoms with Gasteiger partial charge in [0.25, 0.3) is 0 Å². The van der Waals surface area contributed by atoms with Crippen molar-refractivity contribution in [3.8, 4) is 11.1 Å². The number of aromatic nitrogens is 5. The number of hydrogen-bond acceptors (Lipinski definition) is 8. The summed E-state index contributed by atoms with van der Waals surface area (Å²) in [7, 11) is 5.88. The summed E-state index contributed by atoms with van der Waals surface area (Å²) in [6, 6.07) is 5.73. The van der Waals surface area contributed by atoms with Crippen LogP contribution in [0.25, 0.3) is 33.1 Å². The van der Waals surface area contributed by atoms with E-state index < -0.39 is 5.82 Å². The molecule has 0 saturated carbocycles. The molecule has 4 heterocycles. The molecular weight excluding hydrogens is 557 g/mol. The van der Waals surface area contributed by atoms with E-state index in [1.807, 2.05) is 51.9 Å². The minimum absolute atomic E-state index is 0.0833. The zero-order valence-electron chi connectivity index (χ0n) is 24.8. The van der Waals surface area contributed by atoms with Gasteiger partial charge < -0.3 is 19.6 Å². The number of nitrogens with zero attached hydrogens (tertiary/aromatic N) is 9. The Hall–Kier alpha value is -3.83. The first kappa shape index (κ1) is 28.3. The topological polar surface area (TPSA) is 86.5 Å². The molecule has 12 heteroatoms. The van der Waals surface area contributed by atoms with Crippen molar-refractivity contribution >= 4 is 51.2 Å². The second-order valence-electron chi connectivity index (χ2n) is 11.7. The highest BCUT2D eigenvalue weighted by atomic mass is 35.5. The van der Waals surface area contributed by atoms with Crippen LogP contribution >= 0.6 is 11.6 Å². The predicted octanol–water partition coefficient (Wildman–Crippen LogP) is 4.04. The highest BCUT2D eigenvalue weighted by Gasteiger charge is 2.36. The number of hydrogen-bond donors (Lipinski definition) is 0. The summed E-state index contributed by atoms with van der Waals surface area (Å²) in [4.78, 5) is 30.5. The largest absolute Gasteiger partial charge is 0.349 e. The summed E-state index contributed by atoms with van der Waals surface area (Å²) in [6.45, 7) is 12.1. The number of likely N-dealkylation sites (N-methyl/N-ethyl adjacent to an activating group) is 1. The number of rotatable bonds is 5. The number of carbonyl (C=O) groups is 1. The van der Waals surface area contributed by atoms with E-state index in [4.69, 9.17) is 21.6 Å². The van der Waals surface area contributed by atoms with E-state index >= 15 is 4.39 Å². The number of carbonyl (C=O) groups excluding carboxylic acids is 1. The maximum absolute atomic E-state index is 16.9. The van der Waals surface area contributed by atoms with Gasteiger partial charge in [-0.3, -0.25) is 4.79 Å². The van der Waals surface area contributed by atoms with Crippen LogP contribution in [0.5, 0.6) is 0 Å². The summed E-state index contributed by atoms with van der Waals surface area (Å²) in [5.41, 5.74) is 3.32. The molecule has 2 aromatic carbocycles. The van der Waals surface area contributed by atoms with E-state index in [9.17, 15) is 4.79 Å². The summed E-state index contributed by atoms with van der Waals surface area (Å²) >= 11 is 6.94. The summed E-state index contributed by atoms with van der Waals surface area (Å²) in [5, 5.41) is 9.18. The molecule has 0 spiro atoms. The van der Waals surface area contributed by atoms with Gasteiger partial charge in [0, 0.05) is 67.9 Å². The molecule has 1 amide bonds. The van der Waals surface area contributed by atoms with Crippen LogP contribution in [0.15, 0.2) is 30.9 Å². The third-order valence-electron chi connectivity index (χ3n) is 8.67. The Morgan fingerprint density at radius 1 is 1.12 bits per heavy atom. The Morgan fingerprint density at radius 3 is 2.55 bits per heavy atom. The number of fused-ring (bicyclic) bond motifs is 2. The molecule has 2 atom stereocenters. The van der Waals surface area contributed by atoms with Gasteiger partial charge in [-0.15, -0.1) is 5.10 Å². The first-order chi connectivity index (χ1) is 20.0. The molecule has 2 aromatic heterocycles. The van der Waals surface area contributed by atoms with Gasteiger partial charge in [0.2, 0.25) is 11.9 Å². The fourth-order valence-corrected chi connectivity index (χ4v) is 6.40. The van der Waals surface area contributed by atoms with Crippen LogP contribution in [0.1, 0.15) is 19.4 Å². The Kier molecular flexibility index (Phi) is 7.05. The lowest BCUT2D eigenvalue weighted by Gasteiger charge is -2.45. The third-order valence-corrected chi connectivity index (χ3v) is 8.97. The average Bonchev–Trinajstić information content (AvgIpc) is 3.30. The third kappa shape index (κ3) is 4.46. The number of anilines is 2. The monoisotopic (exact) mass is 591 g/mol. The molecule has 2 aliphatic heterocycles. The quantitative estimate of drug-likeness (QED) is 0.322. The Bertz CT molecular complexity index is 1730. The Morgan fingerprint density at radius 2 is 1.86 bits per heavy atom. The van der Waals surface area contributed by atoms with Crippen molar-refractivity contribution in [3.05, 3.63) is 47.3 Å². The Labute approximate surface area is 249 Å². The number of amides is 1. The molecule has 4 aromatic rings. The second-order valence-corrected chi connectivity index (χ2v) is 12.1. The van der Waals surface area contributed by atoms with Crippen LogP contribution in [-0.4, -0.2) is 99.1 Å². The molecule has 0 unspecified atom stereocenters. The van der Waals surface area contributed by atoms with Crippen molar-refractivity contribution in [1.82, 2.24) is 34.8 Å². The fraction of sp³-hybridized carbons (Fsp3) is 0.433. The minimum Gasteiger partial charge on any atom is -0.349 e. The lowest BCUT2D eigenvalue weighted by Crippen LogP contribution is -2.59. The summed E-state index contributed by atoms with van der Waals surface area (Å²) in [5.74, 6) is 0.470. The highest BCUT2D eigenvalue weighted by molar-refractivity contribution is 6.35. The van der Waals surface area contributed by atoms with E-state index in [1.54, 1.807) is 17.8 Å². The first-order valence-corrected chi connectivity index (χ1v) is 14.5. The molecule has 0 bridgehead atoms. The molecule has 42 heavy (non-hydrogen) atoms. The van der Waals surface area contributed by atoms with E-state index in [-0.39, 0.29) is 34.1 Å². The molecule has 10 nitrogen and oxygen atoms in total. The lowest BCUT2D eigenvalue weighted by atomic mass is 9.96. The Balaban J connectivity index is 1.55. The van der Waals surface area contributed by atoms with Crippen LogP contribution < -0.4 is 9.80 Å². The van der Waals surface area contributed by atoms with Crippen molar-refractivity contribution in [2.24, 2.45) is 7.05 Å². The average molecular weight is 592 g/mol. The number of piperazine rings is 1. The van der Waals surface area contributed by atoms with Crippen molar-refractivity contribution < 1.29 is 9.18 Å². The molecular formula is C30H35ClFN9O. The van der Waals surface area contributed by atoms with Gasteiger partial charge >= 0.3 is 0 Å². The van der Waals surface area contributed by atoms with E-state index in [1.165, 1.54) is 6.08 Å². The molecule has 6 rings (SSSR count). The fourth-order valence-electron chi connectivity index (χ4n) is 6.11. The van der Waals surface area contributed by atoms with Crippen LogP contribution in [-0.2, 0) is 11.8 Å². The minimum atomic E-state index is -0.509. The van der Waals surface area contributed by atoms with Crippen molar-refractivity contribution in [1.29, 1.82) is 0 Å². The SMILES string of the molecule is C=CC(=O)N1C[C@H](C)N(c2nc(N3CC(N(C)C)C3)nc3c(F)c(-c4c(C)ccc5nnn(C)c45)c(Cl)cc23)C[C@H]1C. The van der Waals surface area contributed by atoms with E-state index in [0.717, 1.165) is 18.7 Å². The predicted molar refractivity (Wildman–Crippen MR) is 165 cm³/mol. The van der Waals surface area contributed by atoms with Gasteiger partial charge in [0.1, 0.15) is 16.9 Å². The standard InChI is InChI=1S/C30H35ClFN9O/c1-8-23(42)40-12-18(4)41(13-17(40)3)29-20-11-21(31)25(24-16(2)9-10-22-28(24)38(7)36-35-22)26(32)27(20)33-30(34-29)39-14-19(15-39)37(5)6/h8-11,17-19H,1,12-15H2,2-7H3/t17-,18+/m1/s1. The maximum Gasteiger partial charge on any atom is 0.246 e. The number of aryl methyl sites for hydroxylation is 2. The van der Waals surface area contributed by atoms with Crippen molar-refractivity contribution in [2.75, 3.05) is 50.1 Å². The summed E-state index contributed by atoms with van der Waals surface area (Å²) in [6.07, 6.45) is 1.35. The molecule has 220 valence electrons. The molecule has 2 saturated heterocycles. The van der Waals surface area contributed by atoms with E-state index in [0.29, 0.717) is 52.9 Å². The highest BCUT2D eigenvalue weighted by Crippen LogP contribution is 2.43. The molecule has 0 aliphatic carbocycles.